The molecule has 17 heteroatoms. The standard InChI is InChI=1S/C18H18F2N6O6S2.Na/c1-31-25-11(9-7-34-18(21)23-9)14(27)24-12-15(28)26-13(17(29)30)8(6-33-16(12)26)3-2-4-32-22-5-10(19)20;/h2-3,5,7,10,12,16H,4,6H2,1H3,(H2,21,23)(H,24,27)(H,29,30);/q;+1/p-1/b3-2+,22-5?,25-11-;/t12-,16-;/m1./s1. The summed E-state index contributed by atoms with van der Waals surface area (Å²) in [5, 5.41) is 21.9. The first-order valence-corrected chi connectivity index (χ1v) is 11.3. The van der Waals surface area contributed by atoms with Crippen LogP contribution in [0.25, 0.3) is 0 Å². The predicted molar refractivity (Wildman–Crippen MR) is 117 cm³/mol. The van der Waals surface area contributed by atoms with Crippen molar-refractivity contribution in [2.24, 2.45) is 10.3 Å². The number of β-lactam (4-membered cyclic amide) rings is 1. The second-order valence-electron chi connectivity index (χ2n) is 6.50. The van der Waals surface area contributed by atoms with Gasteiger partial charge in [-0.2, -0.15) is 0 Å². The Hall–Kier alpha value is -2.53. The number of fused-ring (bicyclic) bond motifs is 1. The number of nitrogens with one attached hydrogen (secondary N) is 1. The Morgan fingerprint density at radius 3 is 2.83 bits per heavy atom. The molecule has 0 radical (unpaired) electrons. The summed E-state index contributed by atoms with van der Waals surface area (Å²) in [5.41, 5.74) is 5.44. The van der Waals surface area contributed by atoms with Crippen LogP contribution in [0, 0.1) is 0 Å². The van der Waals surface area contributed by atoms with Gasteiger partial charge >= 0.3 is 29.6 Å². The molecule has 2 aliphatic rings. The molecule has 0 aliphatic carbocycles. The van der Waals surface area contributed by atoms with Gasteiger partial charge in [0, 0.05) is 11.1 Å². The number of carboxylic acid groups (broad SMARTS) is 1. The number of allylic oxidation sites excluding steroid dienone is 1. The molecule has 0 saturated carbocycles. The van der Waals surface area contributed by atoms with Gasteiger partial charge in [-0.05, 0) is 11.6 Å². The van der Waals surface area contributed by atoms with Crippen LogP contribution >= 0.6 is 23.1 Å². The number of alkyl halides is 2. The van der Waals surface area contributed by atoms with Gasteiger partial charge in [0.25, 0.3) is 18.2 Å². The van der Waals surface area contributed by atoms with Gasteiger partial charge in [-0.15, -0.1) is 23.1 Å². The molecule has 1 aromatic rings. The Bertz CT molecular complexity index is 1100. The van der Waals surface area contributed by atoms with Gasteiger partial charge < -0.3 is 30.6 Å². The molecule has 2 amide bonds. The van der Waals surface area contributed by atoms with Gasteiger partial charge in [0.2, 0.25) is 0 Å². The predicted octanol–water partition coefficient (Wildman–Crippen LogP) is -3.69. The largest absolute Gasteiger partial charge is 1.00 e. The molecule has 2 aliphatic heterocycles. The van der Waals surface area contributed by atoms with Crippen LogP contribution in [-0.2, 0) is 24.1 Å². The zero-order valence-corrected chi connectivity index (χ0v) is 22.0. The number of nitrogens with two attached hydrogens (primary N) is 1. The van der Waals surface area contributed by atoms with Gasteiger partial charge in [-0.1, -0.05) is 16.4 Å². The summed E-state index contributed by atoms with van der Waals surface area (Å²) in [7, 11) is 1.23. The Morgan fingerprint density at radius 1 is 1.49 bits per heavy atom. The molecule has 0 spiro atoms. The topological polar surface area (TPSA) is 172 Å². The van der Waals surface area contributed by atoms with Crippen LogP contribution in [0.5, 0.6) is 0 Å². The number of carboxylic acids is 1. The summed E-state index contributed by atoms with van der Waals surface area (Å²) in [6.07, 6.45) is 0.283. The quantitative estimate of drug-likeness (QED) is 0.100. The van der Waals surface area contributed by atoms with Crippen molar-refractivity contribution in [2.75, 3.05) is 25.2 Å². The maximum Gasteiger partial charge on any atom is 1.00 e. The van der Waals surface area contributed by atoms with E-state index in [1.54, 1.807) is 0 Å². The number of nitrogens with zero attached hydrogens (tertiary/aromatic N) is 4. The first-order valence-electron chi connectivity index (χ1n) is 9.37. The third kappa shape index (κ3) is 6.78. The number of aromatic nitrogens is 1. The van der Waals surface area contributed by atoms with E-state index < -0.39 is 35.6 Å². The number of aliphatic carboxylic acids is 1. The molecule has 1 saturated heterocycles. The summed E-state index contributed by atoms with van der Waals surface area (Å²) in [5.74, 6) is -2.83. The fraction of sp³-hybridized carbons (Fsp3) is 0.333. The normalized spacial score (nSPS) is 20.1. The van der Waals surface area contributed by atoms with Crippen LogP contribution in [0.15, 0.2) is 39.1 Å². The number of rotatable bonds is 10. The van der Waals surface area contributed by atoms with Gasteiger partial charge in [0.1, 0.15) is 37.0 Å². The summed E-state index contributed by atoms with van der Waals surface area (Å²) in [4.78, 5) is 51.4. The molecule has 2 atom stereocenters. The minimum Gasteiger partial charge on any atom is -0.543 e. The number of hydrogen-bond acceptors (Lipinski definition) is 12. The summed E-state index contributed by atoms with van der Waals surface area (Å²) < 4.78 is 23.9. The van der Waals surface area contributed by atoms with Crippen molar-refractivity contribution < 1.29 is 67.5 Å². The van der Waals surface area contributed by atoms with Crippen LogP contribution in [0.1, 0.15) is 5.69 Å². The third-order valence-electron chi connectivity index (χ3n) is 4.38. The van der Waals surface area contributed by atoms with Crippen LogP contribution < -0.4 is 45.7 Å². The number of thioether (sulfide) groups is 1. The van der Waals surface area contributed by atoms with Crippen molar-refractivity contribution in [1.82, 2.24) is 15.2 Å². The summed E-state index contributed by atoms with van der Waals surface area (Å²) in [6.45, 7) is -0.198. The van der Waals surface area contributed by atoms with Gasteiger partial charge in [0.15, 0.2) is 10.8 Å². The van der Waals surface area contributed by atoms with Gasteiger partial charge in [0.05, 0.1) is 11.7 Å². The average molecular weight is 538 g/mol. The number of carbonyl (C=O) groups excluding carboxylic acids is 3. The zero-order valence-electron chi connectivity index (χ0n) is 18.3. The molecule has 3 rings (SSSR count). The number of anilines is 1. The minimum absolute atomic E-state index is 0. The Morgan fingerprint density at radius 2 is 2.23 bits per heavy atom. The van der Waals surface area contributed by atoms with Crippen LogP contribution in [0.2, 0.25) is 0 Å². The van der Waals surface area contributed by atoms with E-state index in [1.807, 2.05) is 0 Å². The smallest absolute Gasteiger partial charge is 0.543 e. The van der Waals surface area contributed by atoms with E-state index in [0.717, 1.165) is 16.2 Å². The van der Waals surface area contributed by atoms with Crippen molar-refractivity contribution in [3.63, 3.8) is 0 Å². The molecule has 0 unspecified atom stereocenters. The molecule has 182 valence electrons. The van der Waals surface area contributed by atoms with E-state index in [2.05, 4.69) is 30.3 Å². The first-order chi connectivity index (χ1) is 16.2. The van der Waals surface area contributed by atoms with Crippen LogP contribution in [-0.4, -0.2) is 76.9 Å². The molecular formula is C18H17F2N6NaO6S2. The minimum atomic E-state index is -2.76. The van der Waals surface area contributed by atoms with Crippen molar-refractivity contribution in [3.8, 4) is 0 Å². The fourth-order valence-electron chi connectivity index (χ4n) is 3.03. The van der Waals surface area contributed by atoms with E-state index in [9.17, 15) is 28.3 Å². The molecule has 3 N–H and O–H groups in total. The third-order valence-corrected chi connectivity index (χ3v) is 6.35. The number of thiazole rings is 1. The van der Waals surface area contributed by atoms with E-state index in [1.165, 1.54) is 36.4 Å². The van der Waals surface area contributed by atoms with E-state index in [0.29, 0.717) is 6.21 Å². The number of hydrogen-bond donors (Lipinski definition) is 2. The number of amides is 2. The number of carbonyl (C=O) groups is 3. The van der Waals surface area contributed by atoms with Crippen LogP contribution in [0.4, 0.5) is 13.9 Å². The van der Waals surface area contributed by atoms with Crippen molar-refractivity contribution in [3.05, 3.63) is 34.5 Å². The molecule has 0 bridgehead atoms. The number of halogens is 2. The van der Waals surface area contributed by atoms with Gasteiger partial charge in [-0.3, -0.25) is 14.5 Å². The average Bonchev–Trinajstić information content (AvgIpc) is 3.22. The van der Waals surface area contributed by atoms with E-state index in [4.69, 9.17) is 5.73 Å². The van der Waals surface area contributed by atoms with E-state index >= 15 is 0 Å². The van der Waals surface area contributed by atoms with Gasteiger partial charge in [-0.25, -0.2) is 13.8 Å². The van der Waals surface area contributed by atoms with Crippen molar-refractivity contribution >= 4 is 57.9 Å². The molecule has 12 nitrogen and oxygen atoms in total. The monoisotopic (exact) mass is 538 g/mol. The molecule has 1 aromatic heterocycles. The first kappa shape index (κ1) is 28.7. The SMILES string of the molecule is CO/N=C(\C(=O)N[C@@H]1C(=O)N2C(C(=O)[O-])=C(/C=C/CON=CC(F)F)CS[C@H]12)c1csc(N)n1.[Na+]. The summed E-state index contributed by atoms with van der Waals surface area (Å²) in [6, 6.07) is -1.03. The molecule has 35 heavy (non-hydrogen) atoms. The maximum absolute atomic E-state index is 12.7. The molecule has 1 fully saturated rings. The summed E-state index contributed by atoms with van der Waals surface area (Å²) >= 11 is 2.29. The number of oxime groups is 2. The van der Waals surface area contributed by atoms with Crippen molar-refractivity contribution in [1.29, 1.82) is 0 Å². The second kappa shape index (κ2) is 13.0. The van der Waals surface area contributed by atoms with Crippen LogP contribution in [0.3, 0.4) is 0 Å². The molecular weight excluding hydrogens is 521 g/mol. The molecule has 3 heterocycles. The Kier molecular flexibility index (Phi) is 10.6. The van der Waals surface area contributed by atoms with E-state index in [-0.39, 0.29) is 69.7 Å². The number of nitrogen functional groups attached to an aromatic ring is 1. The maximum atomic E-state index is 12.7. The second-order valence-corrected chi connectivity index (χ2v) is 8.50. The molecule has 0 aromatic carbocycles. The van der Waals surface area contributed by atoms with Crippen molar-refractivity contribution in [2.45, 2.75) is 17.8 Å². The zero-order chi connectivity index (χ0) is 24.8. The fourth-order valence-corrected chi connectivity index (χ4v) is 4.89. The Labute approximate surface area is 227 Å². The Balaban J connectivity index is 0.00000432.